The Morgan fingerprint density at radius 3 is 2.41 bits per heavy atom. The highest BCUT2D eigenvalue weighted by Gasteiger charge is 2.09. The first kappa shape index (κ1) is 13.7. The number of hydrogen-bond donors (Lipinski definition) is 3. The number of nitrogen functional groups attached to an aromatic ring is 1. The molecule has 0 saturated heterocycles. The third-order valence-corrected chi connectivity index (χ3v) is 2.52. The molecule has 0 fully saturated rings. The van der Waals surface area contributed by atoms with Gasteiger partial charge in [-0.05, 0) is 13.3 Å². The zero-order chi connectivity index (χ0) is 12.8. The van der Waals surface area contributed by atoms with E-state index in [0.29, 0.717) is 11.9 Å². The lowest BCUT2D eigenvalue weighted by Crippen LogP contribution is -2.18. The number of rotatable bonds is 6. The summed E-state index contributed by atoms with van der Waals surface area (Å²) in [6.45, 7) is 8.45. The standard InChI is InChI=1S/C12H23N5/c1-5-6-9(4)14-10-7-11(17-13)16-12(15-10)8(2)3/h7-9H,5-6,13H2,1-4H3,(H2,14,15,16,17). The van der Waals surface area contributed by atoms with Gasteiger partial charge in [0.1, 0.15) is 17.5 Å². The van der Waals surface area contributed by atoms with Gasteiger partial charge in [-0.15, -0.1) is 0 Å². The molecule has 1 aromatic rings. The summed E-state index contributed by atoms with van der Waals surface area (Å²) in [4.78, 5) is 8.80. The van der Waals surface area contributed by atoms with E-state index in [9.17, 15) is 0 Å². The fourth-order valence-electron chi connectivity index (χ4n) is 1.63. The highest BCUT2D eigenvalue weighted by molar-refractivity contribution is 5.47. The molecule has 0 spiro atoms. The van der Waals surface area contributed by atoms with Crippen LogP contribution in [0.3, 0.4) is 0 Å². The number of aromatic nitrogens is 2. The van der Waals surface area contributed by atoms with Gasteiger partial charge in [-0.25, -0.2) is 15.8 Å². The second-order valence-corrected chi connectivity index (χ2v) is 4.63. The lowest BCUT2D eigenvalue weighted by molar-refractivity contribution is 0.683. The van der Waals surface area contributed by atoms with Gasteiger partial charge < -0.3 is 10.7 Å². The summed E-state index contributed by atoms with van der Waals surface area (Å²) >= 11 is 0. The molecular formula is C12H23N5. The van der Waals surface area contributed by atoms with Gasteiger partial charge in [0.05, 0.1) is 0 Å². The monoisotopic (exact) mass is 237 g/mol. The summed E-state index contributed by atoms with van der Waals surface area (Å²) in [6, 6.07) is 2.23. The fraction of sp³-hybridized carbons (Fsp3) is 0.667. The molecule has 1 aromatic heterocycles. The van der Waals surface area contributed by atoms with E-state index in [1.165, 1.54) is 0 Å². The van der Waals surface area contributed by atoms with E-state index in [2.05, 4.69) is 48.4 Å². The summed E-state index contributed by atoms with van der Waals surface area (Å²) < 4.78 is 0. The average molecular weight is 237 g/mol. The van der Waals surface area contributed by atoms with E-state index in [0.717, 1.165) is 24.5 Å². The van der Waals surface area contributed by atoms with Crippen molar-refractivity contribution in [1.29, 1.82) is 0 Å². The Balaban J connectivity index is 2.87. The van der Waals surface area contributed by atoms with E-state index in [4.69, 9.17) is 5.84 Å². The van der Waals surface area contributed by atoms with Crippen molar-refractivity contribution in [3.63, 3.8) is 0 Å². The number of hydrogen-bond acceptors (Lipinski definition) is 5. The summed E-state index contributed by atoms with van der Waals surface area (Å²) in [5.74, 6) is 7.97. The molecule has 17 heavy (non-hydrogen) atoms. The van der Waals surface area contributed by atoms with Gasteiger partial charge in [-0.2, -0.15) is 0 Å². The van der Waals surface area contributed by atoms with E-state index in [-0.39, 0.29) is 5.92 Å². The van der Waals surface area contributed by atoms with Crippen molar-refractivity contribution in [2.24, 2.45) is 5.84 Å². The van der Waals surface area contributed by atoms with E-state index >= 15 is 0 Å². The number of nitrogens with two attached hydrogens (primary N) is 1. The molecule has 1 rings (SSSR count). The summed E-state index contributed by atoms with van der Waals surface area (Å²) in [6.07, 6.45) is 2.27. The van der Waals surface area contributed by atoms with Crippen molar-refractivity contribution in [1.82, 2.24) is 9.97 Å². The Hall–Kier alpha value is -1.36. The lowest BCUT2D eigenvalue weighted by Gasteiger charge is -2.15. The molecule has 0 amide bonds. The van der Waals surface area contributed by atoms with E-state index in [1.54, 1.807) is 0 Å². The Bertz CT molecular complexity index is 351. The molecule has 0 aliphatic heterocycles. The SMILES string of the molecule is CCCC(C)Nc1cc(NN)nc(C(C)C)n1. The van der Waals surface area contributed by atoms with Crippen LogP contribution in [-0.2, 0) is 0 Å². The van der Waals surface area contributed by atoms with Gasteiger partial charge >= 0.3 is 0 Å². The molecule has 0 aromatic carbocycles. The van der Waals surface area contributed by atoms with E-state index < -0.39 is 0 Å². The Morgan fingerprint density at radius 1 is 1.24 bits per heavy atom. The zero-order valence-electron chi connectivity index (χ0n) is 11.1. The summed E-state index contributed by atoms with van der Waals surface area (Å²) in [5.41, 5.74) is 2.58. The molecule has 5 heteroatoms. The molecule has 0 aliphatic carbocycles. The van der Waals surface area contributed by atoms with Crippen LogP contribution < -0.4 is 16.6 Å². The van der Waals surface area contributed by atoms with Gasteiger partial charge in [0.25, 0.3) is 0 Å². The van der Waals surface area contributed by atoms with Crippen molar-refractivity contribution < 1.29 is 0 Å². The topological polar surface area (TPSA) is 75.9 Å². The summed E-state index contributed by atoms with van der Waals surface area (Å²) in [7, 11) is 0. The third kappa shape index (κ3) is 4.19. The van der Waals surface area contributed by atoms with Gasteiger partial charge in [-0.3, -0.25) is 0 Å². The molecule has 0 bridgehead atoms. The quantitative estimate of drug-likeness (QED) is 0.523. The molecule has 1 atom stereocenters. The van der Waals surface area contributed by atoms with Crippen molar-refractivity contribution in [2.45, 2.75) is 52.5 Å². The number of nitrogens with one attached hydrogen (secondary N) is 2. The van der Waals surface area contributed by atoms with Crippen molar-refractivity contribution >= 4 is 11.6 Å². The second-order valence-electron chi connectivity index (χ2n) is 4.63. The molecule has 5 nitrogen and oxygen atoms in total. The van der Waals surface area contributed by atoms with Crippen LogP contribution in [0.4, 0.5) is 11.6 Å². The van der Waals surface area contributed by atoms with Gasteiger partial charge in [-0.1, -0.05) is 27.2 Å². The minimum absolute atomic E-state index is 0.283. The maximum absolute atomic E-state index is 5.41. The minimum Gasteiger partial charge on any atom is -0.367 e. The van der Waals surface area contributed by atoms with Crippen LogP contribution in [-0.4, -0.2) is 16.0 Å². The zero-order valence-corrected chi connectivity index (χ0v) is 11.1. The second kappa shape index (κ2) is 6.39. The molecule has 0 radical (unpaired) electrons. The van der Waals surface area contributed by atoms with Crippen LogP contribution in [0.5, 0.6) is 0 Å². The van der Waals surface area contributed by atoms with Gasteiger partial charge in [0.15, 0.2) is 0 Å². The van der Waals surface area contributed by atoms with Crippen LogP contribution in [0.25, 0.3) is 0 Å². The number of anilines is 2. The van der Waals surface area contributed by atoms with Crippen molar-refractivity contribution in [2.75, 3.05) is 10.7 Å². The van der Waals surface area contributed by atoms with E-state index in [1.807, 2.05) is 6.07 Å². The lowest BCUT2D eigenvalue weighted by atomic mass is 10.2. The largest absolute Gasteiger partial charge is 0.367 e. The molecular weight excluding hydrogens is 214 g/mol. The average Bonchev–Trinajstić information content (AvgIpc) is 2.28. The Morgan fingerprint density at radius 2 is 1.88 bits per heavy atom. The van der Waals surface area contributed by atoms with Crippen LogP contribution in [0.15, 0.2) is 6.07 Å². The maximum Gasteiger partial charge on any atom is 0.145 e. The maximum atomic E-state index is 5.41. The highest BCUT2D eigenvalue weighted by Crippen LogP contribution is 2.17. The number of nitrogens with zero attached hydrogens (tertiary/aromatic N) is 2. The highest BCUT2D eigenvalue weighted by atomic mass is 15.3. The normalized spacial score (nSPS) is 12.6. The molecule has 4 N–H and O–H groups in total. The Labute approximate surface area is 103 Å². The van der Waals surface area contributed by atoms with Crippen LogP contribution >= 0.6 is 0 Å². The van der Waals surface area contributed by atoms with Crippen LogP contribution in [0.1, 0.15) is 52.3 Å². The van der Waals surface area contributed by atoms with Crippen LogP contribution in [0, 0.1) is 0 Å². The summed E-state index contributed by atoms with van der Waals surface area (Å²) in [5, 5.41) is 3.37. The minimum atomic E-state index is 0.283. The third-order valence-electron chi connectivity index (χ3n) is 2.52. The first-order valence-electron chi connectivity index (χ1n) is 6.19. The fourth-order valence-corrected chi connectivity index (χ4v) is 1.63. The molecule has 0 saturated carbocycles. The first-order chi connectivity index (χ1) is 8.06. The molecule has 0 aliphatic rings. The van der Waals surface area contributed by atoms with Crippen molar-refractivity contribution in [3.05, 3.63) is 11.9 Å². The van der Waals surface area contributed by atoms with Crippen molar-refractivity contribution in [3.8, 4) is 0 Å². The molecule has 1 heterocycles. The first-order valence-corrected chi connectivity index (χ1v) is 6.19. The predicted octanol–water partition coefficient (Wildman–Crippen LogP) is 2.49. The van der Waals surface area contributed by atoms with Gasteiger partial charge in [0, 0.05) is 18.0 Å². The Kier molecular flexibility index (Phi) is 5.15. The number of hydrazine groups is 1. The molecule has 1 unspecified atom stereocenters. The van der Waals surface area contributed by atoms with Crippen LogP contribution in [0.2, 0.25) is 0 Å². The molecule has 96 valence electrons. The van der Waals surface area contributed by atoms with Gasteiger partial charge in [0.2, 0.25) is 0 Å². The predicted molar refractivity (Wildman–Crippen MR) is 71.9 cm³/mol. The smallest absolute Gasteiger partial charge is 0.145 e.